The molecule has 1 aromatic carbocycles. The summed E-state index contributed by atoms with van der Waals surface area (Å²) in [5.74, 6) is -5.19. The van der Waals surface area contributed by atoms with Gasteiger partial charge in [-0.1, -0.05) is 38.4 Å². The molecule has 3 N–H and O–H groups in total. The first kappa shape index (κ1) is 30.0. The van der Waals surface area contributed by atoms with Gasteiger partial charge in [0.25, 0.3) is 0 Å². The van der Waals surface area contributed by atoms with Crippen LogP contribution in [0.3, 0.4) is 0 Å². The van der Waals surface area contributed by atoms with Gasteiger partial charge in [-0.2, -0.15) is 18.4 Å². The van der Waals surface area contributed by atoms with Crippen LogP contribution in [0.4, 0.5) is 17.6 Å². The number of nitrogens with zero attached hydrogens (tertiary/aromatic N) is 1. The van der Waals surface area contributed by atoms with Crippen LogP contribution >= 0.6 is 38.9 Å². The fraction of sp³-hybridized carbons (Fsp3) is 0.435. The highest BCUT2D eigenvalue weighted by molar-refractivity contribution is 9.10. The second-order valence-corrected chi connectivity index (χ2v) is 11.6. The number of hydrogen-bond acceptors (Lipinski definition) is 5. The van der Waals surface area contributed by atoms with E-state index in [-0.39, 0.29) is 16.0 Å². The third-order valence-corrected chi connectivity index (χ3v) is 7.55. The second kappa shape index (κ2) is 11.0. The van der Waals surface area contributed by atoms with Crippen LogP contribution in [0.1, 0.15) is 43.6 Å². The van der Waals surface area contributed by atoms with Gasteiger partial charge in [0.05, 0.1) is 6.07 Å². The predicted octanol–water partition coefficient (Wildman–Crippen LogP) is 6.34. The van der Waals surface area contributed by atoms with Crippen LogP contribution < -0.4 is 5.32 Å². The van der Waals surface area contributed by atoms with Crippen LogP contribution in [0.25, 0.3) is 0 Å². The van der Waals surface area contributed by atoms with Crippen molar-refractivity contribution in [1.82, 2.24) is 5.32 Å². The molecule has 1 aliphatic rings. The Balaban J connectivity index is 0.000000572. The van der Waals surface area contributed by atoms with Crippen LogP contribution in [0.2, 0.25) is 5.02 Å². The number of alkyl halides is 3. The maximum absolute atomic E-state index is 15.1. The van der Waals surface area contributed by atoms with Gasteiger partial charge >= 0.3 is 18.1 Å². The highest BCUT2D eigenvalue weighted by Gasteiger charge is 2.61. The Morgan fingerprint density at radius 2 is 1.83 bits per heavy atom. The average Bonchev–Trinajstić information content (AvgIpc) is 3.28. The van der Waals surface area contributed by atoms with E-state index in [1.807, 2.05) is 32.2 Å². The number of nitriles is 1. The third-order valence-electron chi connectivity index (χ3n) is 5.54. The molecule has 2 aromatic rings. The fourth-order valence-corrected chi connectivity index (χ4v) is 6.06. The van der Waals surface area contributed by atoms with E-state index in [9.17, 15) is 28.3 Å². The summed E-state index contributed by atoms with van der Waals surface area (Å²) in [5, 5.41) is 32.8. The van der Waals surface area contributed by atoms with Crippen molar-refractivity contribution in [2.75, 3.05) is 0 Å². The quantitative estimate of drug-likeness (QED) is 0.347. The lowest BCUT2D eigenvalue weighted by atomic mass is 9.64. The van der Waals surface area contributed by atoms with E-state index < -0.39 is 47.3 Å². The van der Waals surface area contributed by atoms with Crippen LogP contribution in [-0.2, 0) is 15.0 Å². The molecule has 1 aliphatic heterocycles. The fourth-order valence-electron chi connectivity index (χ4n) is 4.24. The zero-order valence-electron chi connectivity index (χ0n) is 19.2. The van der Waals surface area contributed by atoms with Crippen molar-refractivity contribution in [3.8, 4) is 6.07 Å². The van der Waals surface area contributed by atoms with E-state index in [0.717, 1.165) is 4.47 Å². The summed E-state index contributed by atoms with van der Waals surface area (Å²) in [6.07, 6.45) is -4.59. The summed E-state index contributed by atoms with van der Waals surface area (Å²) >= 11 is 10.7. The molecule has 4 unspecified atom stereocenters. The summed E-state index contributed by atoms with van der Waals surface area (Å²) in [6.45, 7) is 6.04. The van der Waals surface area contributed by atoms with Gasteiger partial charge < -0.3 is 10.2 Å². The summed E-state index contributed by atoms with van der Waals surface area (Å²) in [6, 6.07) is 6.81. The molecule has 1 saturated heterocycles. The number of benzene rings is 1. The van der Waals surface area contributed by atoms with E-state index >= 15 is 4.39 Å². The van der Waals surface area contributed by atoms with Crippen molar-refractivity contribution in [2.24, 2.45) is 5.41 Å². The van der Waals surface area contributed by atoms with Crippen molar-refractivity contribution >= 4 is 50.8 Å². The van der Waals surface area contributed by atoms with Gasteiger partial charge in [-0.15, -0.1) is 11.3 Å². The molecule has 0 radical (unpaired) electrons. The van der Waals surface area contributed by atoms with E-state index in [4.69, 9.17) is 21.5 Å². The molecule has 6 nitrogen and oxygen atoms in total. The minimum atomic E-state index is -5.08. The molecule has 0 aliphatic carbocycles. The molecule has 0 amide bonds. The number of carbonyl (C=O) groups is 2. The number of aliphatic carboxylic acids is 2. The largest absolute Gasteiger partial charge is 0.490 e. The molecule has 1 aromatic heterocycles. The van der Waals surface area contributed by atoms with Crippen LogP contribution in [0.5, 0.6) is 0 Å². The van der Waals surface area contributed by atoms with Crippen LogP contribution in [-0.4, -0.2) is 40.4 Å². The standard InChI is InChI=1S/C21H21BrClFN2O2S.C2HF3O2/c1-20(2,3)8-16-21(10-25,13-5-4-12(23)7-14(13)24)17(18(26-16)19(27)28)15-6-11(22)9-29-15;3-2(4,5)1(6)7/h4-7,9,16-18,26H,8H2,1-3H3,(H,27,28);(H,6,7). The number of hydrogen-bond donors (Lipinski definition) is 3. The maximum Gasteiger partial charge on any atom is 0.490 e. The summed E-state index contributed by atoms with van der Waals surface area (Å²) in [5.41, 5.74) is -1.45. The van der Waals surface area contributed by atoms with E-state index in [1.54, 1.807) is 6.07 Å². The van der Waals surface area contributed by atoms with Gasteiger partial charge in [-0.25, -0.2) is 9.18 Å². The highest BCUT2D eigenvalue weighted by atomic mass is 79.9. The Hall–Kier alpha value is -2.20. The molecule has 0 bridgehead atoms. The topological polar surface area (TPSA) is 110 Å². The van der Waals surface area contributed by atoms with Crippen LogP contribution in [0.15, 0.2) is 34.1 Å². The summed E-state index contributed by atoms with van der Waals surface area (Å²) in [4.78, 5) is 21.8. The molecule has 3 rings (SSSR count). The number of carboxylic acid groups (broad SMARTS) is 2. The molecular weight excluding hydrogens is 592 g/mol. The Bertz CT molecular complexity index is 1180. The minimum Gasteiger partial charge on any atom is -0.480 e. The second-order valence-electron chi connectivity index (χ2n) is 9.35. The van der Waals surface area contributed by atoms with Crippen molar-refractivity contribution in [1.29, 1.82) is 5.26 Å². The van der Waals surface area contributed by atoms with Crippen molar-refractivity contribution in [2.45, 2.75) is 56.8 Å². The monoisotopic (exact) mass is 612 g/mol. The van der Waals surface area contributed by atoms with E-state index in [2.05, 4.69) is 27.3 Å². The Kier molecular flexibility index (Phi) is 9.21. The molecule has 0 saturated carbocycles. The molecule has 36 heavy (non-hydrogen) atoms. The number of halogens is 6. The highest BCUT2D eigenvalue weighted by Crippen LogP contribution is 2.53. The number of carboxylic acids is 2. The predicted molar refractivity (Wildman–Crippen MR) is 130 cm³/mol. The van der Waals surface area contributed by atoms with Gasteiger partial charge in [0.2, 0.25) is 0 Å². The Morgan fingerprint density at radius 1 is 1.25 bits per heavy atom. The van der Waals surface area contributed by atoms with E-state index in [1.165, 1.54) is 23.5 Å². The third kappa shape index (κ3) is 6.56. The molecular formula is C23H22BrClF4N2O4S. The van der Waals surface area contributed by atoms with Crippen LogP contribution in [0, 0.1) is 22.6 Å². The minimum absolute atomic E-state index is 0.171. The van der Waals surface area contributed by atoms with E-state index in [0.29, 0.717) is 11.3 Å². The van der Waals surface area contributed by atoms with Gasteiger partial charge in [-0.3, -0.25) is 10.1 Å². The van der Waals surface area contributed by atoms with Crippen molar-refractivity contribution in [3.63, 3.8) is 0 Å². The smallest absolute Gasteiger partial charge is 0.480 e. The zero-order chi connectivity index (χ0) is 27.6. The lowest BCUT2D eigenvalue weighted by Crippen LogP contribution is -2.44. The molecule has 196 valence electrons. The maximum atomic E-state index is 15.1. The number of rotatable bonds is 4. The first-order chi connectivity index (χ1) is 16.4. The molecule has 13 heteroatoms. The van der Waals surface area contributed by atoms with Gasteiger partial charge in [-0.05, 0) is 46.0 Å². The zero-order valence-corrected chi connectivity index (χ0v) is 22.3. The average molecular weight is 614 g/mol. The molecule has 2 heterocycles. The van der Waals surface area contributed by atoms with Gasteiger partial charge in [0.15, 0.2) is 0 Å². The summed E-state index contributed by atoms with van der Waals surface area (Å²) in [7, 11) is 0. The SMILES string of the molecule is CC(C)(C)CC1NC(C(=O)O)C(c2cc(Br)cs2)C1(C#N)c1ccc(Cl)cc1F.O=C(O)C(F)(F)F. The number of thiophene rings is 1. The van der Waals surface area contributed by atoms with Crippen molar-refractivity contribution in [3.05, 3.63) is 55.4 Å². The lowest BCUT2D eigenvalue weighted by molar-refractivity contribution is -0.192. The number of nitrogens with one attached hydrogen (secondary N) is 1. The molecule has 0 spiro atoms. The molecule has 4 atom stereocenters. The van der Waals surface area contributed by atoms with Gasteiger partial charge in [0.1, 0.15) is 17.3 Å². The first-order valence-electron chi connectivity index (χ1n) is 10.3. The summed E-state index contributed by atoms with van der Waals surface area (Å²) < 4.78 is 47.7. The first-order valence-corrected chi connectivity index (χ1v) is 12.4. The Labute approximate surface area is 222 Å². The van der Waals surface area contributed by atoms with Gasteiger partial charge in [0, 0.05) is 37.3 Å². The Morgan fingerprint density at radius 3 is 2.22 bits per heavy atom. The normalized spacial score (nSPS) is 23.9. The lowest BCUT2D eigenvalue weighted by Gasteiger charge is -2.36. The molecule has 1 fully saturated rings. The van der Waals surface area contributed by atoms with Crippen molar-refractivity contribution < 1.29 is 37.4 Å².